The highest BCUT2D eigenvalue weighted by molar-refractivity contribution is 7.80. The molecule has 0 spiro atoms. The van der Waals surface area contributed by atoms with Gasteiger partial charge in [0.2, 0.25) is 23.6 Å². The van der Waals surface area contributed by atoms with E-state index in [1.807, 2.05) is 0 Å². The van der Waals surface area contributed by atoms with Gasteiger partial charge in [0.05, 0.1) is 12.5 Å². The van der Waals surface area contributed by atoms with Gasteiger partial charge in [0.25, 0.3) is 0 Å². The van der Waals surface area contributed by atoms with E-state index in [-0.39, 0.29) is 18.7 Å². The third-order valence-corrected chi connectivity index (χ3v) is 5.35. The minimum absolute atomic E-state index is 0.0163. The minimum Gasteiger partial charge on any atom is -0.480 e. The molecule has 1 fully saturated rings. The summed E-state index contributed by atoms with van der Waals surface area (Å²) in [5, 5.41) is 14.2. The van der Waals surface area contributed by atoms with Crippen LogP contribution >= 0.6 is 12.6 Å². The highest BCUT2D eigenvalue weighted by Crippen LogP contribution is 2.20. The lowest BCUT2D eigenvalue weighted by atomic mass is 10.1. The van der Waals surface area contributed by atoms with E-state index in [9.17, 15) is 29.1 Å². The predicted molar refractivity (Wildman–Crippen MR) is 115 cm³/mol. The molecule has 9 N–H and O–H groups in total. The molecule has 1 saturated heterocycles. The largest absolute Gasteiger partial charge is 0.480 e. The predicted octanol–water partition coefficient (Wildman–Crippen LogP) is -2.71. The average molecular weight is 461 g/mol. The molecule has 4 unspecified atom stereocenters. The summed E-state index contributed by atoms with van der Waals surface area (Å²) in [5.41, 5.74) is 16.3. The Bertz CT molecular complexity index is 678. The van der Waals surface area contributed by atoms with Gasteiger partial charge in [-0.05, 0) is 38.6 Å². The smallest absolute Gasteiger partial charge is 0.326 e. The number of carboxylic acids is 1. The maximum atomic E-state index is 13.0. The molecule has 31 heavy (non-hydrogen) atoms. The van der Waals surface area contributed by atoms with Crippen molar-refractivity contribution < 1.29 is 29.1 Å². The number of carbonyl (C=O) groups is 5. The monoisotopic (exact) mass is 460 g/mol. The van der Waals surface area contributed by atoms with Gasteiger partial charge in [-0.15, -0.1) is 0 Å². The second-order valence-electron chi connectivity index (χ2n) is 7.39. The van der Waals surface area contributed by atoms with E-state index in [0.29, 0.717) is 32.2 Å². The van der Waals surface area contributed by atoms with Crippen LogP contribution in [0.2, 0.25) is 0 Å². The van der Waals surface area contributed by atoms with Crippen LogP contribution in [0.5, 0.6) is 0 Å². The van der Waals surface area contributed by atoms with Crippen LogP contribution in [0.25, 0.3) is 0 Å². The van der Waals surface area contributed by atoms with Crippen LogP contribution in [-0.2, 0) is 24.0 Å². The Morgan fingerprint density at radius 3 is 2.29 bits per heavy atom. The number of likely N-dealkylation sites (tertiary alicyclic amines) is 1. The number of hydrogen-bond acceptors (Lipinski definition) is 8. The number of rotatable bonds is 13. The molecule has 4 amide bonds. The van der Waals surface area contributed by atoms with E-state index in [2.05, 4.69) is 23.3 Å². The van der Waals surface area contributed by atoms with E-state index in [1.165, 1.54) is 4.90 Å². The normalized spacial score (nSPS) is 18.7. The Morgan fingerprint density at radius 1 is 1.10 bits per heavy atom. The lowest BCUT2D eigenvalue weighted by molar-refractivity contribution is -0.149. The Hall–Kier alpha value is -2.38. The molecule has 12 nitrogen and oxygen atoms in total. The molecule has 1 rings (SSSR count). The third kappa shape index (κ3) is 8.34. The van der Waals surface area contributed by atoms with E-state index >= 15 is 0 Å². The number of unbranched alkanes of at least 4 members (excludes halogenated alkanes) is 1. The standard InChI is InChI=1S/C18H32N6O6S/c19-6-2-1-4-11(17(28)24-7-3-5-13(24)18(29)30)22-16(27)12(8-14(21)25)23-15(26)10(20)9-31/h10-13,31H,1-9,19-20H2,(H2,21,25)(H,22,27)(H,23,26)(H,29,30). The molecule has 176 valence electrons. The molecule has 4 atom stereocenters. The molecule has 1 aliphatic heterocycles. The molecule has 0 aromatic heterocycles. The Balaban J connectivity index is 2.99. The van der Waals surface area contributed by atoms with Crippen molar-refractivity contribution >= 4 is 42.2 Å². The first-order valence-electron chi connectivity index (χ1n) is 10.1. The van der Waals surface area contributed by atoms with E-state index < -0.39 is 60.2 Å². The topological polar surface area (TPSA) is 211 Å². The van der Waals surface area contributed by atoms with E-state index in [1.54, 1.807) is 0 Å². The summed E-state index contributed by atoms with van der Waals surface area (Å²) < 4.78 is 0. The van der Waals surface area contributed by atoms with Gasteiger partial charge in [0, 0.05) is 12.3 Å². The fraction of sp³-hybridized carbons (Fsp3) is 0.722. The van der Waals surface area contributed by atoms with E-state index in [4.69, 9.17) is 17.2 Å². The molecule has 0 radical (unpaired) electrons. The highest BCUT2D eigenvalue weighted by atomic mass is 32.1. The van der Waals surface area contributed by atoms with Crippen LogP contribution in [-0.4, -0.2) is 82.6 Å². The summed E-state index contributed by atoms with van der Waals surface area (Å²) in [6.45, 7) is 0.648. The number of nitrogens with two attached hydrogens (primary N) is 3. The molecular formula is C18H32N6O6S. The van der Waals surface area contributed by atoms with Crippen molar-refractivity contribution in [2.45, 2.75) is 62.7 Å². The second kappa shape index (κ2) is 13.1. The molecule has 1 heterocycles. The minimum atomic E-state index is -1.34. The Morgan fingerprint density at radius 2 is 1.74 bits per heavy atom. The number of nitrogens with one attached hydrogen (secondary N) is 2. The van der Waals surface area contributed by atoms with Crippen molar-refractivity contribution in [3.8, 4) is 0 Å². The zero-order valence-electron chi connectivity index (χ0n) is 17.3. The summed E-state index contributed by atoms with van der Waals surface area (Å²) in [6, 6.07) is -4.34. The van der Waals surface area contributed by atoms with Crippen LogP contribution in [0.1, 0.15) is 38.5 Å². The number of primary amides is 1. The quantitative estimate of drug-likeness (QED) is 0.113. The number of thiol groups is 1. The van der Waals surface area contributed by atoms with Crippen LogP contribution in [0.4, 0.5) is 0 Å². The van der Waals surface area contributed by atoms with Crippen molar-refractivity contribution in [3.63, 3.8) is 0 Å². The number of carboxylic acid groups (broad SMARTS) is 1. The zero-order chi connectivity index (χ0) is 23.6. The van der Waals surface area contributed by atoms with Crippen molar-refractivity contribution in [1.82, 2.24) is 15.5 Å². The molecule has 0 aromatic carbocycles. The first kappa shape index (κ1) is 26.7. The summed E-state index contributed by atoms with van der Waals surface area (Å²) in [7, 11) is 0. The van der Waals surface area contributed by atoms with Gasteiger partial charge in [-0.25, -0.2) is 4.79 Å². The van der Waals surface area contributed by atoms with Crippen molar-refractivity contribution in [2.75, 3.05) is 18.8 Å². The summed E-state index contributed by atoms with van der Waals surface area (Å²) in [5.74, 6) is -3.97. The van der Waals surface area contributed by atoms with Crippen molar-refractivity contribution in [3.05, 3.63) is 0 Å². The molecule has 1 aliphatic rings. The van der Waals surface area contributed by atoms with Crippen LogP contribution < -0.4 is 27.8 Å². The lowest BCUT2D eigenvalue weighted by Crippen LogP contribution is -2.58. The Kier molecular flexibility index (Phi) is 11.3. The number of hydrogen-bond donors (Lipinski definition) is 7. The number of carbonyl (C=O) groups excluding carboxylic acids is 4. The molecule has 0 aromatic rings. The van der Waals surface area contributed by atoms with Gasteiger partial charge in [-0.2, -0.15) is 12.6 Å². The zero-order valence-corrected chi connectivity index (χ0v) is 18.2. The maximum Gasteiger partial charge on any atom is 0.326 e. The number of nitrogens with zero attached hydrogens (tertiary/aromatic N) is 1. The second-order valence-corrected chi connectivity index (χ2v) is 7.76. The molecule has 0 saturated carbocycles. The van der Waals surface area contributed by atoms with Crippen LogP contribution in [0, 0.1) is 0 Å². The van der Waals surface area contributed by atoms with Gasteiger partial charge in [-0.3, -0.25) is 19.2 Å². The number of aliphatic carboxylic acids is 1. The van der Waals surface area contributed by atoms with Gasteiger partial charge >= 0.3 is 5.97 Å². The lowest BCUT2D eigenvalue weighted by Gasteiger charge is -2.28. The first-order chi connectivity index (χ1) is 14.6. The molecule has 13 heteroatoms. The third-order valence-electron chi connectivity index (χ3n) is 4.95. The SMILES string of the molecule is NCCCCC(NC(=O)C(CC(N)=O)NC(=O)C(N)CS)C(=O)N1CCCC1C(=O)O. The maximum absolute atomic E-state index is 13.0. The fourth-order valence-corrected chi connectivity index (χ4v) is 3.45. The van der Waals surface area contributed by atoms with Crippen molar-refractivity contribution in [1.29, 1.82) is 0 Å². The molecule has 0 aliphatic carbocycles. The summed E-state index contributed by atoms with van der Waals surface area (Å²) in [6.07, 6.45) is 1.69. The summed E-state index contributed by atoms with van der Waals surface area (Å²) in [4.78, 5) is 61.9. The van der Waals surface area contributed by atoms with Gasteiger partial charge in [0.15, 0.2) is 0 Å². The van der Waals surface area contributed by atoms with Crippen LogP contribution in [0.3, 0.4) is 0 Å². The Labute approximate surface area is 186 Å². The van der Waals surface area contributed by atoms with Crippen LogP contribution in [0.15, 0.2) is 0 Å². The van der Waals surface area contributed by atoms with E-state index in [0.717, 1.165) is 0 Å². The summed E-state index contributed by atoms with van der Waals surface area (Å²) >= 11 is 3.92. The molecule has 0 bridgehead atoms. The van der Waals surface area contributed by atoms with Gasteiger partial charge in [-0.1, -0.05) is 0 Å². The highest BCUT2D eigenvalue weighted by Gasteiger charge is 2.38. The average Bonchev–Trinajstić information content (AvgIpc) is 3.21. The fourth-order valence-electron chi connectivity index (χ4n) is 3.28. The molecular weight excluding hydrogens is 428 g/mol. The first-order valence-corrected chi connectivity index (χ1v) is 10.7. The van der Waals surface area contributed by atoms with Gasteiger partial charge in [0.1, 0.15) is 18.1 Å². The van der Waals surface area contributed by atoms with Gasteiger partial charge < -0.3 is 37.8 Å². The van der Waals surface area contributed by atoms with Crippen molar-refractivity contribution in [2.24, 2.45) is 17.2 Å². The number of amides is 4.